The minimum Gasteiger partial charge on any atom is -0.493 e. The molecule has 4 heteroatoms. The lowest BCUT2D eigenvalue weighted by Crippen LogP contribution is -2.12. The molecule has 2 N–H and O–H groups in total. The van der Waals surface area contributed by atoms with Crippen molar-refractivity contribution in [2.75, 3.05) is 6.61 Å². The lowest BCUT2D eigenvalue weighted by Gasteiger charge is -2.11. The molecule has 0 aliphatic rings. The molecule has 0 saturated heterocycles. The Morgan fingerprint density at radius 2 is 2.14 bits per heavy atom. The fourth-order valence-electron chi connectivity index (χ4n) is 1.13. The Morgan fingerprint density at radius 1 is 1.50 bits per heavy atom. The van der Waals surface area contributed by atoms with Gasteiger partial charge in [0.25, 0.3) is 0 Å². The van der Waals surface area contributed by atoms with Crippen LogP contribution in [-0.2, 0) is 4.79 Å². The minimum absolute atomic E-state index is 0.279. The van der Waals surface area contributed by atoms with Crippen LogP contribution < -0.4 is 4.74 Å². The van der Waals surface area contributed by atoms with Gasteiger partial charge in [0.05, 0.1) is 6.61 Å². The average molecular weight is 196 g/mol. The summed E-state index contributed by atoms with van der Waals surface area (Å²) in [5, 5.41) is 17.9. The number of rotatable bonds is 4. The van der Waals surface area contributed by atoms with Crippen molar-refractivity contribution in [1.29, 1.82) is 0 Å². The topological polar surface area (TPSA) is 66.8 Å². The third-order valence-electron chi connectivity index (χ3n) is 1.75. The van der Waals surface area contributed by atoms with E-state index in [-0.39, 0.29) is 5.56 Å². The molecule has 1 rings (SSSR count). The quantitative estimate of drug-likeness (QED) is 0.759. The van der Waals surface area contributed by atoms with E-state index < -0.39 is 12.1 Å². The number of hydrogen-bond donors (Lipinski definition) is 2. The van der Waals surface area contributed by atoms with Crippen LogP contribution in [0.1, 0.15) is 18.6 Å². The number of aliphatic hydroxyl groups is 1. The standard InChI is InChI=1S/C10H12O4/c1-2-14-8-6-4-3-5-7(8)9(11)10(12)13/h3-6,9,11H,2H2,1H3,(H,12,13). The molecular formula is C10H12O4. The van der Waals surface area contributed by atoms with Crippen LogP contribution in [0.5, 0.6) is 5.75 Å². The number of para-hydroxylation sites is 1. The zero-order valence-electron chi connectivity index (χ0n) is 7.80. The zero-order chi connectivity index (χ0) is 10.6. The summed E-state index contributed by atoms with van der Waals surface area (Å²) in [5.41, 5.74) is 0.279. The van der Waals surface area contributed by atoms with Gasteiger partial charge < -0.3 is 14.9 Å². The molecule has 76 valence electrons. The van der Waals surface area contributed by atoms with Crippen LogP contribution in [0.25, 0.3) is 0 Å². The summed E-state index contributed by atoms with van der Waals surface area (Å²) in [4.78, 5) is 10.6. The molecule has 14 heavy (non-hydrogen) atoms. The van der Waals surface area contributed by atoms with Gasteiger partial charge in [-0.05, 0) is 13.0 Å². The Balaban J connectivity index is 3.00. The first-order chi connectivity index (χ1) is 6.66. The van der Waals surface area contributed by atoms with Crippen molar-refractivity contribution in [3.8, 4) is 5.75 Å². The number of aliphatic carboxylic acids is 1. The van der Waals surface area contributed by atoms with Gasteiger partial charge >= 0.3 is 5.97 Å². The summed E-state index contributed by atoms with van der Waals surface area (Å²) in [5.74, 6) is -0.873. The summed E-state index contributed by atoms with van der Waals surface area (Å²) in [7, 11) is 0. The number of carboxylic acid groups (broad SMARTS) is 1. The average Bonchev–Trinajstić information content (AvgIpc) is 2.18. The summed E-state index contributed by atoms with van der Waals surface area (Å²) >= 11 is 0. The maximum atomic E-state index is 10.6. The first-order valence-electron chi connectivity index (χ1n) is 4.29. The van der Waals surface area contributed by atoms with E-state index in [4.69, 9.17) is 9.84 Å². The highest BCUT2D eigenvalue weighted by atomic mass is 16.5. The van der Waals surface area contributed by atoms with Crippen LogP contribution in [0.4, 0.5) is 0 Å². The second-order valence-corrected chi connectivity index (χ2v) is 2.71. The van der Waals surface area contributed by atoms with Crippen molar-refractivity contribution >= 4 is 5.97 Å². The second-order valence-electron chi connectivity index (χ2n) is 2.71. The highest BCUT2D eigenvalue weighted by Gasteiger charge is 2.19. The maximum Gasteiger partial charge on any atom is 0.337 e. The van der Waals surface area contributed by atoms with Crippen LogP contribution in [-0.4, -0.2) is 22.8 Å². The molecule has 1 aromatic carbocycles. The van der Waals surface area contributed by atoms with E-state index in [1.54, 1.807) is 25.1 Å². The molecule has 1 aromatic rings. The SMILES string of the molecule is CCOc1ccccc1C(O)C(=O)O. The molecule has 0 saturated carbocycles. The van der Waals surface area contributed by atoms with Crippen LogP contribution in [0.3, 0.4) is 0 Å². The van der Waals surface area contributed by atoms with E-state index in [0.717, 1.165) is 0 Å². The van der Waals surface area contributed by atoms with Crippen LogP contribution in [0, 0.1) is 0 Å². The first-order valence-corrected chi connectivity index (χ1v) is 4.29. The van der Waals surface area contributed by atoms with Gasteiger partial charge in [-0.1, -0.05) is 18.2 Å². The monoisotopic (exact) mass is 196 g/mol. The fraction of sp³-hybridized carbons (Fsp3) is 0.300. The van der Waals surface area contributed by atoms with Gasteiger partial charge in [0.2, 0.25) is 0 Å². The Kier molecular flexibility index (Phi) is 3.48. The van der Waals surface area contributed by atoms with E-state index in [1.807, 2.05) is 0 Å². The number of hydrogen-bond acceptors (Lipinski definition) is 3. The fourth-order valence-corrected chi connectivity index (χ4v) is 1.13. The van der Waals surface area contributed by atoms with Crippen LogP contribution >= 0.6 is 0 Å². The molecule has 4 nitrogen and oxygen atoms in total. The van der Waals surface area contributed by atoms with Gasteiger partial charge in [0, 0.05) is 5.56 Å². The van der Waals surface area contributed by atoms with Crippen LogP contribution in [0.2, 0.25) is 0 Å². The van der Waals surface area contributed by atoms with Crippen molar-refractivity contribution in [2.24, 2.45) is 0 Å². The molecule has 1 atom stereocenters. The molecule has 0 amide bonds. The van der Waals surface area contributed by atoms with Crippen molar-refractivity contribution < 1.29 is 19.7 Å². The lowest BCUT2D eigenvalue weighted by molar-refractivity contribution is -0.147. The summed E-state index contributed by atoms with van der Waals surface area (Å²) in [6.07, 6.45) is -1.53. The van der Waals surface area contributed by atoms with E-state index in [0.29, 0.717) is 12.4 Å². The summed E-state index contributed by atoms with van der Waals surface area (Å²) in [6.45, 7) is 2.23. The molecule has 0 spiro atoms. The number of ether oxygens (including phenoxy) is 1. The largest absolute Gasteiger partial charge is 0.493 e. The summed E-state index contributed by atoms with van der Waals surface area (Å²) < 4.78 is 5.18. The highest BCUT2D eigenvalue weighted by Crippen LogP contribution is 2.24. The third kappa shape index (κ3) is 2.23. The molecule has 0 aromatic heterocycles. The second kappa shape index (κ2) is 4.62. The Bertz CT molecular complexity index is 322. The molecule has 0 radical (unpaired) electrons. The van der Waals surface area contributed by atoms with Gasteiger partial charge in [-0.15, -0.1) is 0 Å². The van der Waals surface area contributed by atoms with Gasteiger partial charge in [0.15, 0.2) is 6.10 Å². The third-order valence-corrected chi connectivity index (χ3v) is 1.75. The molecule has 1 unspecified atom stereocenters. The van der Waals surface area contributed by atoms with Crippen molar-refractivity contribution in [3.63, 3.8) is 0 Å². The predicted octanol–water partition coefficient (Wildman–Crippen LogP) is 1.20. The van der Waals surface area contributed by atoms with Crippen molar-refractivity contribution in [2.45, 2.75) is 13.0 Å². The molecule has 0 fully saturated rings. The normalized spacial score (nSPS) is 12.1. The van der Waals surface area contributed by atoms with Gasteiger partial charge in [-0.25, -0.2) is 4.79 Å². The van der Waals surface area contributed by atoms with Crippen LogP contribution in [0.15, 0.2) is 24.3 Å². The van der Waals surface area contributed by atoms with E-state index in [9.17, 15) is 9.90 Å². The van der Waals surface area contributed by atoms with Crippen molar-refractivity contribution in [1.82, 2.24) is 0 Å². The smallest absolute Gasteiger partial charge is 0.337 e. The van der Waals surface area contributed by atoms with E-state index in [1.165, 1.54) is 6.07 Å². The van der Waals surface area contributed by atoms with E-state index in [2.05, 4.69) is 0 Å². The minimum atomic E-state index is -1.53. The van der Waals surface area contributed by atoms with E-state index >= 15 is 0 Å². The highest BCUT2D eigenvalue weighted by molar-refractivity contribution is 5.75. The molecular weight excluding hydrogens is 184 g/mol. The Labute approximate surface area is 81.8 Å². The van der Waals surface area contributed by atoms with Gasteiger partial charge in [0.1, 0.15) is 5.75 Å². The van der Waals surface area contributed by atoms with Gasteiger partial charge in [-0.3, -0.25) is 0 Å². The zero-order valence-corrected chi connectivity index (χ0v) is 7.80. The van der Waals surface area contributed by atoms with Crippen molar-refractivity contribution in [3.05, 3.63) is 29.8 Å². The molecule has 0 bridgehead atoms. The van der Waals surface area contributed by atoms with Gasteiger partial charge in [-0.2, -0.15) is 0 Å². The Morgan fingerprint density at radius 3 is 2.71 bits per heavy atom. The number of benzene rings is 1. The molecule has 0 aliphatic carbocycles. The Hall–Kier alpha value is -1.55. The summed E-state index contributed by atoms with van der Waals surface area (Å²) in [6, 6.07) is 6.54. The molecule has 0 aliphatic heterocycles. The molecule has 0 heterocycles. The maximum absolute atomic E-state index is 10.6. The first kappa shape index (κ1) is 10.5. The predicted molar refractivity (Wildman–Crippen MR) is 50.2 cm³/mol. The number of aliphatic hydroxyl groups excluding tert-OH is 1. The lowest BCUT2D eigenvalue weighted by atomic mass is 10.1. The number of carboxylic acids is 1. The number of carbonyl (C=O) groups is 1.